The third kappa shape index (κ3) is 4.33. The molecular formula is C20H13Cl2N3O2S2. The molecule has 0 bridgehead atoms. The van der Waals surface area contributed by atoms with Crippen LogP contribution >= 0.6 is 46.3 Å². The van der Waals surface area contributed by atoms with Gasteiger partial charge in [-0.25, -0.2) is 4.98 Å². The number of halogens is 2. The van der Waals surface area contributed by atoms with E-state index < -0.39 is 0 Å². The highest BCUT2D eigenvalue weighted by Crippen LogP contribution is 2.26. The minimum atomic E-state index is -0.250. The Kier molecular flexibility index (Phi) is 5.91. The Morgan fingerprint density at radius 1 is 1.14 bits per heavy atom. The summed E-state index contributed by atoms with van der Waals surface area (Å²) >= 11 is 14.7. The van der Waals surface area contributed by atoms with Crippen LogP contribution in [0.5, 0.6) is 0 Å². The van der Waals surface area contributed by atoms with Crippen molar-refractivity contribution in [3.05, 3.63) is 80.4 Å². The van der Waals surface area contributed by atoms with E-state index in [0.29, 0.717) is 36.8 Å². The second kappa shape index (κ2) is 8.59. The molecule has 0 atom stereocenters. The summed E-state index contributed by atoms with van der Waals surface area (Å²) in [5, 5.41) is 5.97. The number of hydrogen-bond donors (Lipinski definition) is 1. The second-order valence-corrected chi connectivity index (χ2v) is 8.67. The quantitative estimate of drug-likeness (QED) is 0.315. The first-order chi connectivity index (χ1) is 14.0. The minimum Gasteiger partial charge on any atom is -0.324 e. The van der Waals surface area contributed by atoms with Crippen LogP contribution < -0.4 is 10.9 Å². The second-order valence-electron chi connectivity index (χ2n) is 5.97. The maximum absolute atomic E-state index is 13.1. The first-order valence-corrected chi connectivity index (χ1v) is 11.1. The molecule has 0 aliphatic heterocycles. The number of carbonyl (C=O) groups is 1. The molecule has 0 saturated heterocycles. The lowest BCUT2D eigenvalue weighted by Crippen LogP contribution is -2.22. The first kappa shape index (κ1) is 20.0. The van der Waals surface area contributed by atoms with E-state index in [2.05, 4.69) is 10.3 Å². The van der Waals surface area contributed by atoms with Crippen molar-refractivity contribution in [2.75, 3.05) is 11.1 Å². The molecule has 1 amide bonds. The molecular weight excluding hydrogens is 449 g/mol. The minimum absolute atomic E-state index is 0.0634. The number of hydrogen-bond acceptors (Lipinski definition) is 5. The Bertz CT molecular complexity index is 1270. The van der Waals surface area contributed by atoms with Gasteiger partial charge < -0.3 is 5.32 Å². The normalized spacial score (nSPS) is 11.0. The molecule has 2 heterocycles. The highest BCUT2D eigenvalue weighted by atomic mass is 35.5. The van der Waals surface area contributed by atoms with E-state index in [1.165, 1.54) is 27.7 Å². The van der Waals surface area contributed by atoms with Gasteiger partial charge in [0.15, 0.2) is 5.16 Å². The summed E-state index contributed by atoms with van der Waals surface area (Å²) in [6.45, 7) is 0. The van der Waals surface area contributed by atoms with Gasteiger partial charge in [-0.2, -0.15) is 0 Å². The number of para-hydroxylation sites is 1. The summed E-state index contributed by atoms with van der Waals surface area (Å²) in [5.41, 5.74) is 1.54. The number of benzene rings is 2. The van der Waals surface area contributed by atoms with Gasteiger partial charge in [0, 0.05) is 5.02 Å². The van der Waals surface area contributed by atoms with E-state index >= 15 is 0 Å². The zero-order valence-electron chi connectivity index (χ0n) is 14.8. The zero-order valence-corrected chi connectivity index (χ0v) is 17.9. The number of nitrogens with zero attached hydrogens (tertiary/aromatic N) is 2. The van der Waals surface area contributed by atoms with Crippen LogP contribution in [0.15, 0.2) is 69.9 Å². The van der Waals surface area contributed by atoms with E-state index in [4.69, 9.17) is 23.2 Å². The van der Waals surface area contributed by atoms with E-state index in [1.807, 2.05) is 5.38 Å². The van der Waals surface area contributed by atoms with Crippen LogP contribution in [0, 0.1) is 0 Å². The molecule has 5 nitrogen and oxygen atoms in total. The number of thioether (sulfide) groups is 1. The number of nitrogens with one attached hydrogen (secondary N) is 1. The Hall–Kier alpha value is -2.32. The van der Waals surface area contributed by atoms with Crippen molar-refractivity contribution in [2.45, 2.75) is 5.16 Å². The van der Waals surface area contributed by atoms with E-state index in [-0.39, 0.29) is 17.2 Å². The molecule has 0 unspecified atom stereocenters. The number of fused-ring (bicyclic) bond motifs is 1. The van der Waals surface area contributed by atoms with Gasteiger partial charge in [0.25, 0.3) is 5.56 Å². The molecule has 0 radical (unpaired) electrons. The van der Waals surface area contributed by atoms with Crippen LogP contribution in [-0.4, -0.2) is 21.2 Å². The van der Waals surface area contributed by atoms with Gasteiger partial charge >= 0.3 is 0 Å². The predicted octanol–water partition coefficient (Wildman–Crippen LogP) is 5.48. The summed E-state index contributed by atoms with van der Waals surface area (Å²) in [7, 11) is 0. The first-order valence-electron chi connectivity index (χ1n) is 8.46. The van der Waals surface area contributed by atoms with Crippen LogP contribution in [-0.2, 0) is 4.79 Å². The van der Waals surface area contributed by atoms with Gasteiger partial charge in [0.05, 0.1) is 27.7 Å². The maximum Gasteiger partial charge on any atom is 0.276 e. The predicted molar refractivity (Wildman–Crippen MR) is 121 cm³/mol. The van der Waals surface area contributed by atoms with Gasteiger partial charge in [-0.1, -0.05) is 53.2 Å². The lowest BCUT2D eigenvalue weighted by atomic mass is 10.3. The van der Waals surface area contributed by atoms with Crippen LogP contribution in [0.4, 0.5) is 5.69 Å². The standard InChI is InChI=1S/C20H13Cl2N3O2S2/c21-12-4-3-5-13(10-12)25-19(27)18-16(8-9-28-18)24-20(25)29-11-17(26)23-15-7-2-1-6-14(15)22/h1-10H,11H2,(H,23,26). The van der Waals surface area contributed by atoms with Crippen molar-refractivity contribution in [3.63, 3.8) is 0 Å². The number of rotatable bonds is 5. The largest absolute Gasteiger partial charge is 0.324 e. The summed E-state index contributed by atoms with van der Waals surface area (Å²) in [6.07, 6.45) is 0. The van der Waals surface area contributed by atoms with Crippen molar-refractivity contribution in [3.8, 4) is 5.69 Å². The monoisotopic (exact) mass is 461 g/mol. The van der Waals surface area contributed by atoms with Crippen molar-refractivity contribution >= 4 is 68.1 Å². The van der Waals surface area contributed by atoms with Gasteiger partial charge in [0.1, 0.15) is 4.70 Å². The molecule has 4 rings (SSSR count). The maximum atomic E-state index is 13.1. The molecule has 2 aromatic heterocycles. The van der Waals surface area contributed by atoms with Crippen molar-refractivity contribution in [1.82, 2.24) is 9.55 Å². The van der Waals surface area contributed by atoms with Crippen molar-refractivity contribution < 1.29 is 4.79 Å². The fourth-order valence-corrected chi connectivity index (χ4v) is 4.65. The van der Waals surface area contributed by atoms with Crippen molar-refractivity contribution in [2.24, 2.45) is 0 Å². The van der Waals surface area contributed by atoms with Crippen LogP contribution in [0.1, 0.15) is 0 Å². The van der Waals surface area contributed by atoms with E-state index in [9.17, 15) is 9.59 Å². The lowest BCUT2D eigenvalue weighted by Gasteiger charge is -2.12. The van der Waals surface area contributed by atoms with Crippen LogP contribution in [0.2, 0.25) is 10.0 Å². The average Bonchev–Trinajstić information content (AvgIpc) is 3.17. The van der Waals surface area contributed by atoms with E-state index in [1.54, 1.807) is 54.6 Å². The van der Waals surface area contributed by atoms with Gasteiger partial charge in [-0.15, -0.1) is 11.3 Å². The molecule has 1 N–H and O–H groups in total. The average molecular weight is 462 g/mol. The Morgan fingerprint density at radius 3 is 2.76 bits per heavy atom. The fraction of sp³-hybridized carbons (Fsp3) is 0.0500. The van der Waals surface area contributed by atoms with Gasteiger partial charge in [-0.05, 0) is 41.8 Å². The molecule has 9 heteroatoms. The molecule has 29 heavy (non-hydrogen) atoms. The summed E-state index contributed by atoms with van der Waals surface area (Å²) in [6, 6.07) is 15.8. The Balaban J connectivity index is 1.66. The van der Waals surface area contributed by atoms with Crippen LogP contribution in [0.3, 0.4) is 0 Å². The molecule has 4 aromatic rings. The molecule has 146 valence electrons. The summed E-state index contributed by atoms with van der Waals surface area (Å²) < 4.78 is 2.04. The lowest BCUT2D eigenvalue weighted by molar-refractivity contribution is -0.113. The number of carbonyl (C=O) groups excluding carboxylic acids is 1. The summed E-state index contributed by atoms with van der Waals surface area (Å²) in [4.78, 5) is 30.1. The topological polar surface area (TPSA) is 64.0 Å². The molecule has 0 aliphatic rings. The number of aromatic nitrogens is 2. The van der Waals surface area contributed by atoms with Crippen molar-refractivity contribution in [1.29, 1.82) is 0 Å². The Morgan fingerprint density at radius 2 is 1.97 bits per heavy atom. The number of amides is 1. The molecule has 2 aromatic carbocycles. The third-order valence-corrected chi connectivity index (χ3v) is 6.39. The molecule has 0 spiro atoms. The molecule has 0 saturated carbocycles. The highest BCUT2D eigenvalue weighted by Gasteiger charge is 2.16. The SMILES string of the molecule is O=C(CSc1nc2ccsc2c(=O)n1-c1cccc(Cl)c1)Nc1ccccc1Cl. The van der Waals surface area contributed by atoms with Gasteiger partial charge in [0.2, 0.25) is 5.91 Å². The number of anilines is 1. The third-order valence-electron chi connectivity index (χ3n) is 4.00. The molecule has 0 aliphatic carbocycles. The van der Waals surface area contributed by atoms with Gasteiger partial charge in [-0.3, -0.25) is 14.2 Å². The smallest absolute Gasteiger partial charge is 0.276 e. The summed E-state index contributed by atoms with van der Waals surface area (Å²) in [5.74, 6) is -0.186. The van der Waals surface area contributed by atoms with Crippen LogP contribution in [0.25, 0.3) is 15.9 Å². The zero-order chi connectivity index (χ0) is 20.4. The Labute approximate surface area is 184 Å². The molecule has 0 fully saturated rings. The van der Waals surface area contributed by atoms with E-state index in [0.717, 1.165) is 0 Å². The highest BCUT2D eigenvalue weighted by molar-refractivity contribution is 7.99. The number of thiophene rings is 1. The fourth-order valence-electron chi connectivity index (χ4n) is 2.71.